The van der Waals surface area contributed by atoms with Crippen molar-refractivity contribution >= 4 is 37.5 Å². The Kier molecular flexibility index (Phi) is 5.77. The number of nitrogens with zero attached hydrogens (tertiary/aromatic N) is 2. The Morgan fingerprint density at radius 2 is 1.83 bits per heavy atom. The molecular weight excluding hydrogens is 424 g/mol. The van der Waals surface area contributed by atoms with Crippen molar-refractivity contribution in [2.24, 2.45) is 0 Å². The molecule has 9 heteroatoms. The maximum atomic E-state index is 12.9. The molecule has 30 heavy (non-hydrogen) atoms. The number of carbonyl (C=O) groups excluding carboxylic acids is 1. The number of hydrogen-bond acceptors (Lipinski definition) is 7. The summed E-state index contributed by atoms with van der Waals surface area (Å²) >= 11 is 1.51. The number of esters is 1. The molecule has 0 spiro atoms. The molecular formula is C21H22N2O5S2. The standard InChI is InChI=1S/C21H22N2O5S2/c1-14-4-3-5-18-19(14)22-21(29-18)28-16-10-12-23(13-11-16)30(25,26)17-8-6-15(7-9-17)20(24)27-2/h3-9,16H,10-13H2,1-2H3. The summed E-state index contributed by atoms with van der Waals surface area (Å²) in [6.45, 7) is 2.76. The number of sulfonamides is 1. The van der Waals surface area contributed by atoms with Crippen LogP contribution in [0.3, 0.4) is 0 Å². The number of ether oxygens (including phenoxy) is 2. The number of hydrogen-bond donors (Lipinski definition) is 0. The van der Waals surface area contributed by atoms with Crippen LogP contribution < -0.4 is 4.74 Å². The van der Waals surface area contributed by atoms with E-state index in [1.807, 2.05) is 25.1 Å². The van der Waals surface area contributed by atoms with E-state index in [-0.39, 0.29) is 11.0 Å². The number of carbonyl (C=O) groups is 1. The predicted molar refractivity (Wildman–Crippen MR) is 115 cm³/mol. The van der Waals surface area contributed by atoms with Crippen LogP contribution in [0.5, 0.6) is 5.19 Å². The highest BCUT2D eigenvalue weighted by molar-refractivity contribution is 7.89. The number of aromatic nitrogens is 1. The molecule has 0 unspecified atom stereocenters. The van der Waals surface area contributed by atoms with Crippen LogP contribution in [-0.4, -0.2) is 50.0 Å². The fourth-order valence-corrected chi connectivity index (χ4v) is 5.91. The molecule has 3 aromatic rings. The van der Waals surface area contributed by atoms with Crippen LogP contribution in [0.15, 0.2) is 47.4 Å². The van der Waals surface area contributed by atoms with Gasteiger partial charge in [0.15, 0.2) is 0 Å². The summed E-state index contributed by atoms with van der Waals surface area (Å²) in [6, 6.07) is 11.8. The molecule has 2 aromatic carbocycles. The molecule has 7 nitrogen and oxygen atoms in total. The van der Waals surface area contributed by atoms with Crippen molar-refractivity contribution in [1.82, 2.24) is 9.29 Å². The lowest BCUT2D eigenvalue weighted by atomic mass is 10.1. The van der Waals surface area contributed by atoms with Crippen LogP contribution in [0.2, 0.25) is 0 Å². The van der Waals surface area contributed by atoms with Gasteiger partial charge in [-0.2, -0.15) is 4.31 Å². The Labute approximate surface area is 179 Å². The lowest BCUT2D eigenvalue weighted by Crippen LogP contribution is -2.41. The lowest BCUT2D eigenvalue weighted by molar-refractivity contribution is 0.0600. The molecule has 0 atom stereocenters. The van der Waals surface area contributed by atoms with Gasteiger partial charge in [-0.3, -0.25) is 0 Å². The zero-order chi connectivity index (χ0) is 21.3. The molecule has 2 heterocycles. The monoisotopic (exact) mass is 446 g/mol. The van der Waals surface area contributed by atoms with Crippen molar-refractivity contribution in [3.05, 3.63) is 53.6 Å². The predicted octanol–water partition coefficient (Wildman–Crippen LogP) is 3.62. The highest BCUT2D eigenvalue weighted by Gasteiger charge is 2.30. The Hall–Kier alpha value is -2.49. The minimum Gasteiger partial charge on any atom is -0.467 e. The zero-order valence-corrected chi connectivity index (χ0v) is 18.3. The molecule has 0 N–H and O–H groups in total. The normalized spacial score (nSPS) is 15.9. The largest absolute Gasteiger partial charge is 0.467 e. The molecule has 0 saturated carbocycles. The van der Waals surface area contributed by atoms with E-state index >= 15 is 0 Å². The third-order valence-corrected chi connectivity index (χ3v) is 8.01. The van der Waals surface area contributed by atoms with Gasteiger partial charge in [-0.1, -0.05) is 23.5 Å². The van der Waals surface area contributed by atoms with E-state index < -0.39 is 16.0 Å². The first-order valence-electron chi connectivity index (χ1n) is 9.60. The second-order valence-corrected chi connectivity index (χ2v) is 10.1. The lowest BCUT2D eigenvalue weighted by Gasteiger charge is -2.30. The highest BCUT2D eigenvalue weighted by atomic mass is 32.2. The molecule has 158 valence electrons. The Bertz CT molecular complexity index is 1160. The summed E-state index contributed by atoms with van der Waals surface area (Å²) in [6.07, 6.45) is 1.11. The zero-order valence-electron chi connectivity index (χ0n) is 16.7. The highest BCUT2D eigenvalue weighted by Crippen LogP contribution is 2.32. The minimum atomic E-state index is -3.62. The Balaban J connectivity index is 1.40. The molecule has 0 aliphatic carbocycles. The van der Waals surface area contributed by atoms with Gasteiger partial charge in [-0.05, 0) is 55.7 Å². The first-order chi connectivity index (χ1) is 14.4. The van der Waals surface area contributed by atoms with Gasteiger partial charge in [0.25, 0.3) is 5.19 Å². The number of rotatable bonds is 5. The maximum absolute atomic E-state index is 12.9. The molecule has 1 fully saturated rings. The van der Waals surface area contributed by atoms with E-state index in [1.54, 1.807) is 0 Å². The van der Waals surface area contributed by atoms with Crippen LogP contribution in [0.25, 0.3) is 10.2 Å². The molecule has 0 amide bonds. The van der Waals surface area contributed by atoms with E-state index in [0.717, 1.165) is 15.8 Å². The number of methoxy groups -OCH3 is 1. The number of benzene rings is 2. The number of para-hydroxylation sites is 1. The van der Waals surface area contributed by atoms with Crippen LogP contribution in [0.4, 0.5) is 0 Å². The van der Waals surface area contributed by atoms with Gasteiger partial charge < -0.3 is 9.47 Å². The van der Waals surface area contributed by atoms with Gasteiger partial charge in [-0.25, -0.2) is 18.2 Å². The third kappa shape index (κ3) is 4.05. The van der Waals surface area contributed by atoms with Crippen molar-refractivity contribution in [2.45, 2.75) is 30.8 Å². The SMILES string of the molecule is COC(=O)c1ccc(S(=O)(=O)N2CCC(Oc3nc4c(C)cccc4s3)CC2)cc1. The fraction of sp³-hybridized carbons (Fsp3) is 0.333. The van der Waals surface area contributed by atoms with E-state index in [4.69, 9.17) is 4.74 Å². The summed E-state index contributed by atoms with van der Waals surface area (Å²) in [4.78, 5) is 16.3. The fourth-order valence-electron chi connectivity index (χ4n) is 3.48. The molecule has 1 aromatic heterocycles. The van der Waals surface area contributed by atoms with Gasteiger partial charge in [-0.15, -0.1) is 0 Å². The van der Waals surface area contributed by atoms with Gasteiger partial charge in [0.1, 0.15) is 6.10 Å². The summed E-state index contributed by atoms with van der Waals surface area (Å²) < 4.78 is 39.1. The van der Waals surface area contributed by atoms with Crippen LogP contribution in [0.1, 0.15) is 28.8 Å². The molecule has 0 radical (unpaired) electrons. The van der Waals surface area contributed by atoms with Crippen LogP contribution in [-0.2, 0) is 14.8 Å². The van der Waals surface area contributed by atoms with E-state index in [0.29, 0.717) is 36.7 Å². The van der Waals surface area contributed by atoms with Gasteiger partial charge in [0.2, 0.25) is 10.0 Å². The summed E-state index contributed by atoms with van der Waals surface area (Å²) in [5.41, 5.74) is 2.38. The topological polar surface area (TPSA) is 85.8 Å². The first kappa shape index (κ1) is 20.8. The van der Waals surface area contributed by atoms with Crippen molar-refractivity contribution in [3.63, 3.8) is 0 Å². The molecule has 4 rings (SSSR count). The third-order valence-electron chi connectivity index (χ3n) is 5.18. The molecule has 1 saturated heterocycles. The van der Waals surface area contributed by atoms with Gasteiger partial charge in [0.05, 0.1) is 27.8 Å². The maximum Gasteiger partial charge on any atom is 0.337 e. The van der Waals surface area contributed by atoms with Crippen molar-refractivity contribution < 1.29 is 22.7 Å². The van der Waals surface area contributed by atoms with E-state index in [9.17, 15) is 13.2 Å². The summed E-state index contributed by atoms with van der Waals surface area (Å²) in [5.74, 6) is -0.498. The summed E-state index contributed by atoms with van der Waals surface area (Å²) in [7, 11) is -2.33. The number of piperidine rings is 1. The Morgan fingerprint density at radius 1 is 1.13 bits per heavy atom. The molecule has 0 bridgehead atoms. The van der Waals surface area contributed by atoms with Gasteiger partial charge in [0, 0.05) is 13.1 Å². The number of thiazole rings is 1. The summed E-state index contributed by atoms with van der Waals surface area (Å²) in [5, 5.41) is 0.624. The first-order valence-corrected chi connectivity index (χ1v) is 11.9. The average Bonchev–Trinajstić information content (AvgIpc) is 3.17. The van der Waals surface area contributed by atoms with E-state index in [1.165, 1.54) is 47.0 Å². The van der Waals surface area contributed by atoms with Crippen LogP contribution in [0, 0.1) is 6.92 Å². The quantitative estimate of drug-likeness (QED) is 0.557. The van der Waals surface area contributed by atoms with Crippen molar-refractivity contribution in [3.8, 4) is 5.19 Å². The number of fused-ring (bicyclic) bond motifs is 1. The average molecular weight is 447 g/mol. The number of aryl methyl sites for hydroxylation is 1. The van der Waals surface area contributed by atoms with Crippen LogP contribution >= 0.6 is 11.3 Å². The molecule has 1 aliphatic rings. The van der Waals surface area contributed by atoms with Crippen molar-refractivity contribution in [2.75, 3.05) is 20.2 Å². The van der Waals surface area contributed by atoms with E-state index in [2.05, 4.69) is 9.72 Å². The minimum absolute atomic E-state index is 0.0704. The second-order valence-electron chi connectivity index (χ2n) is 7.14. The Morgan fingerprint density at radius 3 is 2.47 bits per heavy atom. The van der Waals surface area contributed by atoms with Crippen molar-refractivity contribution in [1.29, 1.82) is 0 Å². The van der Waals surface area contributed by atoms with Gasteiger partial charge >= 0.3 is 5.97 Å². The molecule has 1 aliphatic heterocycles. The second kappa shape index (κ2) is 8.33. The smallest absolute Gasteiger partial charge is 0.337 e.